The molecule has 0 saturated heterocycles. The van der Waals surface area contributed by atoms with Gasteiger partial charge in [-0.25, -0.2) is 9.97 Å². The molecule has 96 valence electrons. The highest BCUT2D eigenvalue weighted by Gasteiger charge is 2.09. The van der Waals surface area contributed by atoms with Gasteiger partial charge in [-0.15, -0.1) is 0 Å². The summed E-state index contributed by atoms with van der Waals surface area (Å²) in [7, 11) is 0. The lowest BCUT2D eigenvalue weighted by Crippen LogP contribution is -2.01. The molecule has 1 heterocycles. The van der Waals surface area contributed by atoms with Crippen LogP contribution in [0.5, 0.6) is 0 Å². The summed E-state index contributed by atoms with van der Waals surface area (Å²) < 4.78 is 0.790. The maximum Gasteiger partial charge on any atom is 0.138 e. The zero-order valence-electron chi connectivity index (χ0n) is 10.3. The Morgan fingerprint density at radius 1 is 1.32 bits per heavy atom. The SMILES string of the molecule is Cc1nc(Cl)c(C)c(Nc2ccc(C#N)cc2Br)n1. The van der Waals surface area contributed by atoms with Crippen molar-refractivity contribution in [1.29, 1.82) is 5.26 Å². The van der Waals surface area contributed by atoms with Gasteiger partial charge in [0.25, 0.3) is 0 Å². The largest absolute Gasteiger partial charge is 0.339 e. The molecule has 0 aliphatic heterocycles. The number of halogens is 2. The fraction of sp³-hybridized carbons (Fsp3) is 0.154. The molecule has 0 fully saturated rings. The van der Waals surface area contributed by atoms with Gasteiger partial charge >= 0.3 is 0 Å². The van der Waals surface area contributed by atoms with Gasteiger partial charge in [0.2, 0.25) is 0 Å². The second-order valence-electron chi connectivity index (χ2n) is 3.97. The maximum atomic E-state index is 8.83. The molecule has 0 aliphatic rings. The van der Waals surface area contributed by atoms with Crippen molar-refractivity contribution in [2.75, 3.05) is 5.32 Å². The normalized spacial score (nSPS) is 10.1. The maximum absolute atomic E-state index is 8.83. The smallest absolute Gasteiger partial charge is 0.138 e. The molecule has 1 aromatic carbocycles. The quantitative estimate of drug-likeness (QED) is 0.837. The molecule has 6 heteroatoms. The number of hydrogen-bond acceptors (Lipinski definition) is 4. The van der Waals surface area contributed by atoms with Crippen molar-refractivity contribution < 1.29 is 0 Å². The van der Waals surface area contributed by atoms with Crippen LogP contribution in [0.1, 0.15) is 17.0 Å². The highest BCUT2D eigenvalue weighted by atomic mass is 79.9. The Kier molecular flexibility index (Phi) is 4.03. The lowest BCUT2D eigenvalue weighted by Gasteiger charge is -2.11. The number of nitrogens with one attached hydrogen (secondary N) is 1. The third-order valence-electron chi connectivity index (χ3n) is 2.55. The molecule has 0 saturated carbocycles. The average Bonchev–Trinajstić information content (AvgIpc) is 2.37. The number of aromatic nitrogens is 2. The molecular formula is C13H10BrClN4. The minimum atomic E-state index is 0.430. The molecule has 0 unspecified atom stereocenters. The summed E-state index contributed by atoms with van der Waals surface area (Å²) in [6.07, 6.45) is 0. The molecule has 0 amide bonds. The minimum absolute atomic E-state index is 0.430. The van der Waals surface area contributed by atoms with E-state index in [-0.39, 0.29) is 0 Å². The number of aryl methyl sites for hydroxylation is 1. The number of rotatable bonds is 2. The summed E-state index contributed by atoms with van der Waals surface area (Å²) >= 11 is 9.44. The van der Waals surface area contributed by atoms with E-state index in [1.54, 1.807) is 19.1 Å². The van der Waals surface area contributed by atoms with Gasteiger partial charge in [-0.3, -0.25) is 0 Å². The van der Waals surface area contributed by atoms with Crippen molar-refractivity contribution in [3.63, 3.8) is 0 Å². The van der Waals surface area contributed by atoms with Crippen LogP contribution in [0.2, 0.25) is 5.15 Å². The summed E-state index contributed by atoms with van der Waals surface area (Å²) in [6, 6.07) is 7.37. The molecule has 0 atom stereocenters. The first-order valence-corrected chi connectivity index (χ1v) is 6.65. The first-order chi connectivity index (χ1) is 9.01. The van der Waals surface area contributed by atoms with Gasteiger partial charge in [0.05, 0.1) is 17.3 Å². The molecule has 0 spiro atoms. The van der Waals surface area contributed by atoms with Gasteiger partial charge in [0, 0.05) is 10.0 Å². The number of benzene rings is 1. The molecule has 2 rings (SSSR count). The predicted molar refractivity (Wildman–Crippen MR) is 78.7 cm³/mol. The first kappa shape index (κ1) is 13.8. The van der Waals surface area contributed by atoms with Gasteiger partial charge in [-0.05, 0) is 48.0 Å². The van der Waals surface area contributed by atoms with Crippen LogP contribution in [0.4, 0.5) is 11.5 Å². The molecule has 0 bridgehead atoms. The Labute approximate surface area is 124 Å². The summed E-state index contributed by atoms with van der Waals surface area (Å²) in [4.78, 5) is 8.40. The second-order valence-corrected chi connectivity index (χ2v) is 5.18. The molecule has 19 heavy (non-hydrogen) atoms. The third-order valence-corrected chi connectivity index (χ3v) is 3.57. The molecule has 2 aromatic rings. The van der Waals surface area contributed by atoms with Gasteiger partial charge in [0.15, 0.2) is 0 Å². The molecule has 4 nitrogen and oxygen atoms in total. The predicted octanol–water partition coefficient (Wildman–Crippen LogP) is 4.12. The number of nitriles is 1. The van der Waals surface area contributed by atoms with Gasteiger partial charge < -0.3 is 5.32 Å². The van der Waals surface area contributed by atoms with Crippen LogP contribution in [0.15, 0.2) is 22.7 Å². The minimum Gasteiger partial charge on any atom is -0.339 e. The van der Waals surface area contributed by atoms with Crippen LogP contribution in [-0.4, -0.2) is 9.97 Å². The standard InChI is InChI=1S/C13H10BrClN4/c1-7-12(15)17-8(2)18-13(7)19-11-4-3-9(6-16)5-10(11)14/h3-5H,1-2H3,(H,17,18,19). The summed E-state index contributed by atoms with van der Waals surface area (Å²) in [6.45, 7) is 3.63. The van der Waals surface area contributed by atoms with Crippen molar-refractivity contribution in [1.82, 2.24) is 9.97 Å². The highest BCUT2D eigenvalue weighted by Crippen LogP contribution is 2.29. The van der Waals surface area contributed by atoms with E-state index in [1.807, 2.05) is 13.0 Å². The third kappa shape index (κ3) is 3.03. The van der Waals surface area contributed by atoms with Gasteiger partial charge in [0.1, 0.15) is 16.8 Å². The van der Waals surface area contributed by atoms with Crippen LogP contribution in [0, 0.1) is 25.2 Å². The van der Waals surface area contributed by atoms with E-state index in [1.165, 1.54) is 0 Å². The monoisotopic (exact) mass is 336 g/mol. The second kappa shape index (κ2) is 5.55. The zero-order valence-corrected chi connectivity index (χ0v) is 12.7. The summed E-state index contributed by atoms with van der Waals surface area (Å²) in [5, 5.41) is 12.4. The van der Waals surface area contributed by atoms with Gasteiger partial charge in [-0.1, -0.05) is 11.6 Å². The lowest BCUT2D eigenvalue weighted by atomic mass is 10.2. The van der Waals surface area contributed by atoms with Crippen molar-refractivity contribution in [3.05, 3.63) is 44.8 Å². The highest BCUT2D eigenvalue weighted by molar-refractivity contribution is 9.10. The van der Waals surface area contributed by atoms with E-state index in [0.29, 0.717) is 22.4 Å². The van der Waals surface area contributed by atoms with E-state index >= 15 is 0 Å². The number of nitrogens with zero attached hydrogens (tertiary/aromatic N) is 3. The Balaban J connectivity index is 2.39. The molecule has 0 aliphatic carbocycles. The Morgan fingerprint density at radius 2 is 2.05 bits per heavy atom. The van der Waals surface area contributed by atoms with Crippen molar-refractivity contribution in [3.8, 4) is 6.07 Å². The Hall–Kier alpha value is -1.64. The summed E-state index contributed by atoms with van der Waals surface area (Å²) in [5.41, 5.74) is 2.19. The van der Waals surface area contributed by atoms with Crippen LogP contribution < -0.4 is 5.32 Å². The van der Waals surface area contributed by atoms with Crippen molar-refractivity contribution in [2.24, 2.45) is 0 Å². The fourth-order valence-corrected chi connectivity index (χ4v) is 2.22. The number of anilines is 2. The van der Waals surface area contributed by atoms with E-state index in [0.717, 1.165) is 15.7 Å². The first-order valence-electron chi connectivity index (χ1n) is 5.48. The van der Waals surface area contributed by atoms with Crippen molar-refractivity contribution in [2.45, 2.75) is 13.8 Å². The number of hydrogen-bond donors (Lipinski definition) is 1. The lowest BCUT2D eigenvalue weighted by molar-refractivity contribution is 1.04. The molecular weight excluding hydrogens is 328 g/mol. The average molecular weight is 338 g/mol. The van der Waals surface area contributed by atoms with E-state index in [9.17, 15) is 0 Å². The van der Waals surface area contributed by atoms with E-state index < -0.39 is 0 Å². The van der Waals surface area contributed by atoms with Crippen LogP contribution >= 0.6 is 27.5 Å². The van der Waals surface area contributed by atoms with Crippen LogP contribution in [0.3, 0.4) is 0 Å². The van der Waals surface area contributed by atoms with Crippen molar-refractivity contribution >= 4 is 39.0 Å². The Morgan fingerprint density at radius 3 is 2.68 bits per heavy atom. The molecule has 1 aromatic heterocycles. The van der Waals surface area contributed by atoms with Gasteiger partial charge in [-0.2, -0.15) is 5.26 Å². The zero-order chi connectivity index (χ0) is 14.0. The van der Waals surface area contributed by atoms with Crippen LogP contribution in [0.25, 0.3) is 0 Å². The Bertz CT molecular complexity index is 679. The molecule has 0 radical (unpaired) electrons. The van der Waals surface area contributed by atoms with Crippen LogP contribution in [-0.2, 0) is 0 Å². The topological polar surface area (TPSA) is 61.6 Å². The fourth-order valence-electron chi connectivity index (χ4n) is 1.53. The van der Waals surface area contributed by atoms with E-state index in [2.05, 4.69) is 37.3 Å². The molecule has 1 N–H and O–H groups in total. The van der Waals surface area contributed by atoms with E-state index in [4.69, 9.17) is 16.9 Å². The summed E-state index contributed by atoms with van der Waals surface area (Å²) in [5.74, 6) is 1.26.